The fourth-order valence-electron chi connectivity index (χ4n) is 1.30. The van der Waals surface area contributed by atoms with Gasteiger partial charge in [0.05, 0.1) is 17.6 Å². The molecule has 2 heterocycles. The van der Waals surface area contributed by atoms with Gasteiger partial charge in [-0.15, -0.1) is 0 Å². The third kappa shape index (κ3) is 1.93. The minimum absolute atomic E-state index is 0.225. The van der Waals surface area contributed by atoms with Gasteiger partial charge in [0, 0.05) is 13.2 Å². The normalized spacial score (nSPS) is 10.1. The van der Waals surface area contributed by atoms with Crippen molar-refractivity contribution in [2.45, 2.75) is 6.92 Å². The van der Waals surface area contributed by atoms with Gasteiger partial charge in [0.25, 0.3) is 5.91 Å². The molecule has 0 aromatic carbocycles. The van der Waals surface area contributed by atoms with Crippen LogP contribution in [0.15, 0.2) is 30.6 Å². The number of carbonyl (C=O) groups excluding carboxylic acids is 1. The van der Waals surface area contributed by atoms with Crippen LogP contribution in [0.4, 0.5) is 5.69 Å². The number of rotatable bonds is 2. The Morgan fingerprint density at radius 2 is 2.25 bits per heavy atom. The molecule has 0 aliphatic rings. The number of aryl methyl sites for hydroxylation is 1. The molecule has 0 bridgehead atoms. The average Bonchev–Trinajstić information content (AvgIpc) is 2.62. The first-order valence-corrected chi connectivity index (χ1v) is 4.89. The lowest BCUT2D eigenvalue weighted by atomic mass is 10.3. The van der Waals surface area contributed by atoms with Crippen molar-refractivity contribution in [1.29, 1.82) is 0 Å². The molecular formula is C11H12N4O. The molecule has 0 fully saturated rings. The molecule has 0 atom stereocenters. The van der Waals surface area contributed by atoms with E-state index in [0.717, 1.165) is 5.69 Å². The van der Waals surface area contributed by atoms with E-state index in [1.807, 2.05) is 14.0 Å². The third-order valence-corrected chi connectivity index (χ3v) is 2.38. The fraction of sp³-hybridized carbons (Fsp3) is 0.182. The van der Waals surface area contributed by atoms with Crippen LogP contribution in [0.1, 0.15) is 16.2 Å². The van der Waals surface area contributed by atoms with Crippen LogP contribution in [0.2, 0.25) is 0 Å². The average molecular weight is 216 g/mol. The minimum atomic E-state index is -0.225. The molecule has 5 heteroatoms. The molecule has 0 unspecified atom stereocenters. The Kier molecular flexibility index (Phi) is 2.68. The van der Waals surface area contributed by atoms with E-state index in [1.165, 1.54) is 0 Å². The van der Waals surface area contributed by atoms with E-state index < -0.39 is 0 Å². The van der Waals surface area contributed by atoms with Crippen LogP contribution in [0.5, 0.6) is 0 Å². The van der Waals surface area contributed by atoms with Gasteiger partial charge in [0.2, 0.25) is 0 Å². The van der Waals surface area contributed by atoms with Gasteiger partial charge in [-0.2, -0.15) is 5.10 Å². The highest BCUT2D eigenvalue weighted by atomic mass is 16.1. The van der Waals surface area contributed by atoms with Crippen LogP contribution in [0.25, 0.3) is 0 Å². The van der Waals surface area contributed by atoms with Gasteiger partial charge in [-0.25, -0.2) is 0 Å². The minimum Gasteiger partial charge on any atom is -0.318 e. The maximum absolute atomic E-state index is 11.8. The zero-order valence-electron chi connectivity index (χ0n) is 9.14. The SMILES string of the molecule is Cc1c(NC(=O)c2ccccn2)cnn1C. The summed E-state index contributed by atoms with van der Waals surface area (Å²) in [5.41, 5.74) is 2.01. The van der Waals surface area contributed by atoms with E-state index in [1.54, 1.807) is 35.3 Å². The maximum atomic E-state index is 11.8. The largest absolute Gasteiger partial charge is 0.318 e. The lowest BCUT2D eigenvalue weighted by molar-refractivity contribution is 0.102. The number of pyridine rings is 1. The fourth-order valence-corrected chi connectivity index (χ4v) is 1.30. The molecule has 16 heavy (non-hydrogen) atoms. The number of hydrogen-bond acceptors (Lipinski definition) is 3. The first-order valence-electron chi connectivity index (χ1n) is 4.89. The monoisotopic (exact) mass is 216 g/mol. The summed E-state index contributed by atoms with van der Waals surface area (Å²) in [6, 6.07) is 5.21. The Bertz CT molecular complexity index is 504. The van der Waals surface area contributed by atoms with Crippen LogP contribution < -0.4 is 5.32 Å². The Hall–Kier alpha value is -2.17. The summed E-state index contributed by atoms with van der Waals surface area (Å²) < 4.78 is 1.70. The highest BCUT2D eigenvalue weighted by Crippen LogP contribution is 2.12. The molecular weight excluding hydrogens is 204 g/mol. The molecule has 1 amide bonds. The van der Waals surface area contributed by atoms with Crippen molar-refractivity contribution in [3.63, 3.8) is 0 Å². The van der Waals surface area contributed by atoms with Crippen molar-refractivity contribution in [3.05, 3.63) is 42.0 Å². The van der Waals surface area contributed by atoms with E-state index >= 15 is 0 Å². The summed E-state index contributed by atoms with van der Waals surface area (Å²) >= 11 is 0. The van der Waals surface area contributed by atoms with Crippen LogP contribution in [0, 0.1) is 6.92 Å². The quantitative estimate of drug-likeness (QED) is 0.824. The lowest BCUT2D eigenvalue weighted by Crippen LogP contribution is -2.13. The molecule has 2 rings (SSSR count). The van der Waals surface area contributed by atoms with Crippen molar-refractivity contribution >= 4 is 11.6 Å². The van der Waals surface area contributed by atoms with Gasteiger partial charge < -0.3 is 5.32 Å². The van der Waals surface area contributed by atoms with E-state index in [0.29, 0.717) is 11.4 Å². The standard InChI is InChI=1S/C11H12N4O/c1-8-10(7-13-15(8)2)14-11(16)9-5-3-4-6-12-9/h3-7H,1-2H3,(H,14,16). The molecule has 0 aliphatic carbocycles. The second-order valence-electron chi connectivity index (χ2n) is 3.44. The molecule has 2 aromatic heterocycles. The second-order valence-corrected chi connectivity index (χ2v) is 3.44. The second kappa shape index (κ2) is 4.14. The Morgan fingerprint density at radius 3 is 2.81 bits per heavy atom. The Balaban J connectivity index is 2.17. The highest BCUT2D eigenvalue weighted by Gasteiger charge is 2.10. The number of nitrogens with one attached hydrogen (secondary N) is 1. The maximum Gasteiger partial charge on any atom is 0.274 e. The van der Waals surface area contributed by atoms with Crippen molar-refractivity contribution in [3.8, 4) is 0 Å². The van der Waals surface area contributed by atoms with Crippen molar-refractivity contribution in [2.75, 3.05) is 5.32 Å². The first kappa shape index (κ1) is 10.4. The summed E-state index contributed by atoms with van der Waals surface area (Å²) in [6.07, 6.45) is 3.21. The summed E-state index contributed by atoms with van der Waals surface area (Å²) in [4.78, 5) is 15.7. The van der Waals surface area contributed by atoms with E-state index in [-0.39, 0.29) is 5.91 Å². The molecule has 82 valence electrons. The van der Waals surface area contributed by atoms with E-state index in [9.17, 15) is 4.79 Å². The van der Waals surface area contributed by atoms with Gasteiger partial charge in [0.15, 0.2) is 0 Å². The first-order chi connectivity index (χ1) is 7.68. The predicted octanol–water partition coefficient (Wildman–Crippen LogP) is 1.38. The van der Waals surface area contributed by atoms with Gasteiger partial charge in [0.1, 0.15) is 5.69 Å². The zero-order chi connectivity index (χ0) is 11.5. The number of anilines is 1. The molecule has 0 saturated carbocycles. The number of aromatic nitrogens is 3. The van der Waals surface area contributed by atoms with Crippen molar-refractivity contribution in [2.24, 2.45) is 7.05 Å². The van der Waals surface area contributed by atoms with E-state index in [4.69, 9.17) is 0 Å². The number of hydrogen-bond donors (Lipinski definition) is 1. The summed E-state index contributed by atoms with van der Waals surface area (Å²) in [7, 11) is 1.83. The smallest absolute Gasteiger partial charge is 0.274 e. The summed E-state index contributed by atoms with van der Waals surface area (Å²) in [5.74, 6) is -0.225. The molecule has 1 N–H and O–H groups in total. The molecule has 0 radical (unpaired) electrons. The molecule has 2 aromatic rings. The number of carbonyl (C=O) groups is 1. The Morgan fingerprint density at radius 1 is 1.44 bits per heavy atom. The number of nitrogens with zero attached hydrogens (tertiary/aromatic N) is 3. The number of amides is 1. The van der Waals surface area contributed by atoms with Crippen LogP contribution in [-0.4, -0.2) is 20.7 Å². The summed E-state index contributed by atoms with van der Waals surface area (Å²) in [5, 5.41) is 6.81. The molecule has 0 aliphatic heterocycles. The highest BCUT2D eigenvalue weighted by molar-refractivity contribution is 6.03. The van der Waals surface area contributed by atoms with Crippen molar-refractivity contribution in [1.82, 2.24) is 14.8 Å². The van der Waals surface area contributed by atoms with Crippen molar-refractivity contribution < 1.29 is 4.79 Å². The molecule has 5 nitrogen and oxygen atoms in total. The van der Waals surface area contributed by atoms with Gasteiger partial charge in [-0.1, -0.05) is 6.07 Å². The topological polar surface area (TPSA) is 59.8 Å². The predicted molar refractivity (Wildman–Crippen MR) is 60.1 cm³/mol. The lowest BCUT2D eigenvalue weighted by Gasteiger charge is -2.03. The molecule has 0 saturated heterocycles. The Labute approximate surface area is 93.1 Å². The summed E-state index contributed by atoms with van der Waals surface area (Å²) in [6.45, 7) is 1.89. The third-order valence-electron chi connectivity index (χ3n) is 2.38. The van der Waals surface area contributed by atoms with Gasteiger partial charge in [-0.05, 0) is 19.1 Å². The van der Waals surface area contributed by atoms with Crippen LogP contribution in [-0.2, 0) is 7.05 Å². The van der Waals surface area contributed by atoms with Crippen LogP contribution >= 0.6 is 0 Å². The van der Waals surface area contributed by atoms with Gasteiger partial charge >= 0.3 is 0 Å². The van der Waals surface area contributed by atoms with E-state index in [2.05, 4.69) is 15.4 Å². The molecule has 0 spiro atoms. The van der Waals surface area contributed by atoms with Gasteiger partial charge in [-0.3, -0.25) is 14.5 Å². The van der Waals surface area contributed by atoms with Crippen LogP contribution in [0.3, 0.4) is 0 Å². The zero-order valence-corrected chi connectivity index (χ0v) is 9.14.